The summed E-state index contributed by atoms with van der Waals surface area (Å²) in [5.41, 5.74) is 4.85. The number of nitrogen functional groups attached to an aromatic ring is 1. The van der Waals surface area contributed by atoms with Crippen LogP contribution in [0.4, 0.5) is 18.9 Å². The summed E-state index contributed by atoms with van der Waals surface area (Å²) in [5, 5.41) is 0. The molecular formula is C11H12F3NO3. The highest BCUT2D eigenvalue weighted by Crippen LogP contribution is 2.29. The van der Waals surface area contributed by atoms with E-state index in [1.165, 1.54) is 0 Å². The van der Waals surface area contributed by atoms with Crippen molar-refractivity contribution in [3.05, 3.63) is 23.5 Å². The Hall–Kier alpha value is -1.92. The van der Waals surface area contributed by atoms with Gasteiger partial charge >= 0.3 is 12.6 Å². The minimum atomic E-state index is -3.09. The van der Waals surface area contributed by atoms with Gasteiger partial charge in [-0.25, -0.2) is 4.39 Å². The van der Waals surface area contributed by atoms with E-state index >= 15 is 0 Å². The first-order valence-corrected chi connectivity index (χ1v) is 5.13. The fourth-order valence-corrected chi connectivity index (χ4v) is 1.36. The number of anilines is 1. The number of esters is 1. The summed E-state index contributed by atoms with van der Waals surface area (Å²) in [5.74, 6) is -1.85. The number of carbonyl (C=O) groups excluding carboxylic acids is 1. The number of hydrogen-bond acceptors (Lipinski definition) is 4. The molecule has 0 fully saturated rings. The van der Waals surface area contributed by atoms with E-state index in [1.54, 1.807) is 6.92 Å². The van der Waals surface area contributed by atoms with E-state index in [0.29, 0.717) is 0 Å². The molecular weight excluding hydrogens is 251 g/mol. The molecule has 0 aromatic heterocycles. The highest BCUT2D eigenvalue weighted by atomic mass is 19.3. The molecule has 7 heteroatoms. The van der Waals surface area contributed by atoms with E-state index in [2.05, 4.69) is 9.47 Å². The highest BCUT2D eigenvalue weighted by molar-refractivity contribution is 5.76. The molecule has 0 aliphatic carbocycles. The predicted molar refractivity (Wildman–Crippen MR) is 57.8 cm³/mol. The third-order valence-corrected chi connectivity index (χ3v) is 2.10. The zero-order valence-corrected chi connectivity index (χ0v) is 9.58. The molecule has 1 rings (SSSR count). The Labute approximate surface area is 101 Å². The van der Waals surface area contributed by atoms with Crippen LogP contribution in [-0.2, 0) is 16.0 Å². The second kappa shape index (κ2) is 6.13. The topological polar surface area (TPSA) is 61.5 Å². The molecule has 4 nitrogen and oxygen atoms in total. The smallest absolute Gasteiger partial charge is 0.387 e. The third kappa shape index (κ3) is 3.54. The van der Waals surface area contributed by atoms with Crippen molar-refractivity contribution in [2.24, 2.45) is 0 Å². The number of carbonyl (C=O) groups is 1. The van der Waals surface area contributed by atoms with E-state index < -0.39 is 30.5 Å². The third-order valence-electron chi connectivity index (χ3n) is 2.10. The zero-order valence-electron chi connectivity index (χ0n) is 9.58. The molecule has 2 N–H and O–H groups in total. The van der Waals surface area contributed by atoms with E-state index in [4.69, 9.17) is 5.73 Å². The number of nitrogens with two attached hydrogens (primary N) is 1. The van der Waals surface area contributed by atoms with E-state index in [9.17, 15) is 18.0 Å². The first kappa shape index (κ1) is 14.1. The summed E-state index contributed by atoms with van der Waals surface area (Å²) < 4.78 is 46.3. The Morgan fingerprint density at radius 1 is 1.44 bits per heavy atom. The Balaban J connectivity index is 3.04. The lowest BCUT2D eigenvalue weighted by Crippen LogP contribution is -2.13. The van der Waals surface area contributed by atoms with Crippen LogP contribution in [0.2, 0.25) is 0 Å². The molecule has 1 aromatic carbocycles. The Bertz CT molecular complexity index is 438. The summed E-state index contributed by atoms with van der Waals surface area (Å²) >= 11 is 0. The van der Waals surface area contributed by atoms with Crippen LogP contribution in [0, 0.1) is 5.82 Å². The van der Waals surface area contributed by atoms with Crippen LogP contribution in [-0.4, -0.2) is 19.2 Å². The maximum Gasteiger partial charge on any atom is 0.387 e. The van der Waals surface area contributed by atoms with Gasteiger partial charge in [0.2, 0.25) is 0 Å². The predicted octanol–water partition coefficient (Wildman–Crippen LogP) is 2.11. The number of benzene rings is 1. The zero-order chi connectivity index (χ0) is 13.7. The van der Waals surface area contributed by atoms with Crippen LogP contribution in [0.1, 0.15) is 12.5 Å². The van der Waals surface area contributed by atoms with Gasteiger partial charge in [-0.05, 0) is 19.1 Å². The SMILES string of the molecule is CCOC(=O)Cc1c(OC(F)F)ccc(F)c1N. The number of ether oxygens (including phenoxy) is 2. The molecule has 18 heavy (non-hydrogen) atoms. The molecule has 100 valence electrons. The Kier molecular flexibility index (Phi) is 4.82. The largest absolute Gasteiger partial charge is 0.466 e. The maximum absolute atomic E-state index is 13.2. The van der Waals surface area contributed by atoms with Gasteiger partial charge in [0.25, 0.3) is 0 Å². The van der Waals surface area contributed by atoms with Crippen molar-refractivity contribution in [1.82, 2.24) is 0 Å². The quantitative estimate of drug-likeness (QED) is 0.653. The fourth-order valence-electron chi connectivity index (χ4n) is 1.36. The van der Waals surface area contributed by atoms with Crippen molar-refractivity contribution in [2.75, 3.05) is 12.3 Å². The number of halogens is 3. The average molecular weight is 263 g/mol. The Morgan fingerprint density at radius 3 is 2.67 bits per heavy atom. The molecule has 1 aromatic rings. The van der Waals surface area contributed by atoms with Gasteiger partial charge in [-0.1, -0.05) is 0 Å². The summed E-state index contributed by atoms with van der Waals surface area (Å²) in [4.78, 5) is 11.3. The van der Waals surface area contributed by atoms with Crippen molar-refractivity contribution in [3.8, 4) is 5.75 Å². The van der Waals surface area contributed by atoms with Gasteiger partial charge in [-0.15, -0.1) is 0 Å². The van der Waals surface area contributed by atoms with Crippen LogP contribution >= 0.6 is 0 Å². The average Bonchev–Trinajstić information content (AvgIpc) is 2.28. The van der Waals surface area contributed by atoms with E-state index in [-0.39, 0.29) is 17.9 Å². The van der Waals surface area contributed by atoms with Gasteiger partial charge in [-0.2, -0.15) is 8.78 Å². The minimum absolute atomic E-state index is 0.124. The fraction of sp³-hybridized carbons (Fsp3) is 0.364. The molecule has 0 heterocycles. The molecule has 0 saturated carbocycles. The van der Waals surface area contributed by atoms with Gasteiger partial charge in [-0.3, -0.25) is 4.79 Å². The van der Waals surface area contributed by atoms with Crippen molar-refractivity contribution >= 4 is 11.7 Å². The van der Waals surface area contributed by atoms with E-state index in [0.717, 1.165) is 12.1 Å². The molecule has 0 radical (unpaired) electrons. The second-order valence-corrected chi connectivity index (χ2v) is 3.30. The highest BCUT2D eigenvalue weighted by Gasteiger charge is 2.18. The van der Waals surface area contributed by atoms with Crippen molar-refractivity contribution in [2.45, 2.75) is 20.0 Å². The molecule has 0 aliphatic rings. The maximum atomic E-state index is 13.2. The van der Waals surface area contributed by atoms with Crippen molar-refractivity contribution in [1.29, 1.82) is 0 Å². The van der Waals surface area contributed by atoms with Crippen LogP contribution in [0.3, 0.4) is 0 Å². The van der Waals surface area contributed by atoms with Crippen LogP contribution in [0.15, 0.2) is 12.1 Å². The lowest BCUT2D eigenvalue weighted by Gasteiger charge is -2.13. The second-order valence-electron chi connectivity index (χ2n) is 3.30. The summed E-state index contributed by atoms with van der Waals surface area (Å²) in [6, 6.07) is 1.88. The first-order chi connectivity index (χ1) is 8.45. The van der Waals surface area contributed by atoms with E-state index in [1.807, 2.05) is 0 Å². The van der Waals surface area contributed by atoms with Crippen molar-refractivity contribution in [3.63, 3.8) is 0 Å². The first-order valence-electron chi connectivity index (χ1n) is 5.13. The van der Waals surface area contributed by atoms with Gasteiger partial charge in [0.15, 0.2) is 0 Å². The molecule has 0 atom stereocenters. The molecule has 0 bridgehead atoms. The molecule has 0 amide bonds. The summed E-state index contributed by atoms with van der Waals surface area (Å²) in [6.07, 6.45) is -0.431. The van der Waals surface area contributed by atoms with Crippen LogP contribution in [0.5, 0.6) is 5.75 Å². The van der Waals surface area contributed by atoms with Gasteiger partial charge < -0.3 is 15.2 Å². The number of hydrogen-bond donors (Lipinski definition) is 1. The van der Waals surface area contributed by atoms with Crippen LogP contribution in [0.25, 0.3) is 0 Å². The summed E-state index contributed by atoms with van der Waals surface area (Å²) in [6.45, 7) is -1.38. The monoisotopic (exact) mass is 263 g/mol. The minimum Gasteiger partial charge on any atom is -0.466 e. The van der Waals surface area contributed by atoms with Gasteiger partial charge in [0.05, 0.1) is 18.7 Å². The molecule has 0 spiro atoms. The van der Waals surface area contributed by atoms with Crippen LogP contribution < -0.4 is 10.5 Å². The molecule has 0 unspecified atom stereocenters. The summed E-state index contributed by atoms with van der Waals surface area (Å²) in [7, 11) is 0. The lowest BCUT2D eigenvalue weighted by molar-refractivity contribution is -0.142. The number of rotatable bonds is 5. The number of alkyl halides is 2. The lowest BCUT2D eigenvalue weighted by atomic mass is 10.1. The molecule has 0 saturated heterocycles. The standard InChI is InChI=1S/C11H12F3NO3/c1-2-17-9(16)5-6-8(18-11(13)14)4-3-7(12)10(6)15/h3-4,11H,2,5,15H2,1H3. The molecule has 0 aliphatic heterocycles. The van der Waals surface area contributed by atoms with Gasteiger partial charge in [0, 0.05) is 5.56 Å². The Morgan fingerprint density at radius 2 is 2.11 bits per heavy atom. The van der Waals surface area contributed by atoms with Gasteiger partial charge in [0.1, 0.15) is 11.6 Å². The normalized spacial score (nSPS) is 10.5. The van der Waals surface area contributed by atoms with Crippen molar-refractivity contribution < 1.29 is 27.4 Å².